The van der Waals surface area contributed by atoms with Gasteiger partial charge < -0.3 is 19.1 Å². The Morgan fingerprint density at radius 3 is 2.44 bits per heavy atom. The van der Waals surface area contributed by atoms with E-state index in [0.717, 1.165) is 17.7 Å². The summed E-state index contributed by atoms with van der Waals surface area (Å²) in [5.41, 5.74) is 1.75. The predicted molar refractivity (Wildman–Crippen MR) is 131 cm³/mol. The SMILES string of the molecule is C[C@H]1Cc2ccccc2N1C(=O)c1ccc(=O)n(CCC(=O)N2CCN(C(=O)c3ccco3)CC2)n1. The fourth-order valence-electron chi connectivity index (χ4n) is 4.80. The van der Waals surface area contributed by atoms with Crippen LogP contribution in [0.2, 0.25) is 0 Å². The molecule has 1 saturated heterocycles. The molecule has 0 unspecified atom stereocenters. The van der Waals surface area contributed by atoms with E-state index in [-0.39, 0.29) is 53.7 Å². The van der Waals surface area contributed by atoms with Gasteiger partial charge in [-0.25, -0.2) is 4.68 Å². The normalized spacial score (nSPS) is 17.2. The van der Waals surface area contributed by atoms with E-state index < -0.39 is 0 Å². The first-order valence-electron chi connectivity index (χ1n) is 12.0. The molecule has 1 aromatic carbocycles. The molecule has 36 heavy (non-hydrogen) atoms. The Hall–Kier alpha value is -4.21. The van der Waals surface area contributed by atoms with Crippen LogP contribution in [0, 0.1) is 0 Å². The van der Waals surface area contributed by atoms with Gasteiger partial charge in [-0.2, -0.15) is 5.10 Å². The molecule has 1 fully saturated rings. The number of fused-ring (bicyclic) bond motifs is 1. The van der Waals surface area contributed by atoms with Gasteiger partial charge in [0.1, 0.15) is 5.69 Å². The van der Waals surface area contributed by atoms with Crippen molar-refractivity contribution in [3.63, 3.8) is 0 Å². The van der Waals surface area contributed by atoms with Gasteiger partial charge in [-0.1, -0.05) is 18.2 Å². The van der Waals surface area contributed by atoms with E-state index in [1.807, 2.05) is 31.2 Å². The number of piperazine rings is 1. The number of nitrogens with zero attached hydrogens (tertiary/aromatic N) is 5. The van der Waals surface area contributed by atoms with Crippen LogP contribution in [-0.4, -0.2) is 69.5 Å². The van der Waals surface area contributed by atoms with Crippen LogP contribution in [0.3, 0.4) is 0 Å². The molecule has 4 heterocycles. The minimum absolute atomic E-state index is 0.0167. The number of carbonyl (C=O) groups is 3. The molecule has 10 nitrogen and oxygen atoms in total. The molecule has 0 aliphatic carbocycles. The van der Waals surface area contributed by atoms with Crippen molar-refractivity contribution in [1.82, 2.24) is 19.6 Å². The van der Waals surface area contributed by atoms with E-state index in [9.17, 15) is 19.2 Å². The lowest BCUT2D eigenvalue weighted by atomic mass is 10.1. The fraction of sp³-hybridized carbons (Fsp3) is 0.346. The monoisotopic (exact) mass is 489 g/mol. The number of benzene rings is 1. The molecule has 5 rings (SSSR count). The highest BCUT2D eigenvalue weighted by Gasteiger charge is 2.32. The maximum Gasteiger partial charge on any atom is 0.289 e. The summed E-state index contributed by atoms with van der Waals surface area (Å²) in [6.07, 6.45) is 2.28. The molecule has 3 aromatic rings. The van der Waals surface area contributed by atoms with E-state index in [0.29, 0.717) is 26.2 Å². The van der Waals surface area contributed by atoms with E-state index in [4.69, 9.17) is 4.42 Å². The third kappa shape index (κ3) is 4.53. The molecule has 0 spiro atoms. The lowest BCUT2D eigenvalue weighted by Crippen LogP contribution is -2.50. The summed E-state index contributed by atoms with van der Waals surface area (Å²) in [4.78, 5) is 55.9. The maximum absolute atomic E-state index is 13.3. The van der Waals surface area contributed by atoms with E-state index in [1.165, 1.54) is 23.1 Å². The highest BCUT2D eigenvalue weighted by Crippen LogP contribution is 2.32. The lowest BCUT2D eigenvalue weighted by Gasteiger charge is -2.34. The van der Waals surface area contributed by atoms with Crippen LogP contribution in [0.25, 0.3) is 0 Å². The number of anilines is 1. The summed E-state index contributed by atoms with van der Waals surface area (Å²) < 4.78 is 6.34. The van der Waals surface area contributed by atoms with Crippen molar-refractivity contribution in [1.29, 1.82) is 0 Å². The first kappa shape index (κ1) is 23.5. The second kappa shape index (κ2) is 9.80. The Bertz CT molecular complexity index is 1340. The largest absolute Gasteiger partial charge is 0.459 e. The molecule has 2 aromatic heterocycles. The number of amides is 3. The van der Waals surface area contributed by atoms with Gasteiger partial charge in [0, 0.05) is 50.4 Å². The van der Waals surface area contributed by atoms with Gasteiger partial charge in [0.2, 0.25) is 5.91 Å². The lowest BCUT2D eigenvalue weighted by molar-refractivity contribution is -0.133. The van der Waals surface area contributed by atoms with E-state index >= 15 is 0 Å². The van der Waals surface area contributed by atoms with Crippen molar-refractivity contribution in [3.05, 3.63) is 82.2 Å². The van der Waals surface area contributed by atoms with Crippen molar-refractivity contribution >= 4 is 23.4 Å². The van der Waals surface area contributed by atoms with Crippen molar-refractivity contribution < 1.29 is 18.8 Å². The highest BCUT2D eigenvalue weighted by molar-refractivity contribution is 6.06. The summed E-state index contributed by atoms with van der Waals surface area (Å²) >= 11 is 0. The third-order valence-electron chi connectivity index (χ3n) is 6.70. The van der Waals surface area contributed by atoms with Crippen molar-refractivity contribution in [2.45, 2.75) is 32.4 Å². The first-order chi connectivity index (χ1) is 17.4. The Balaban J connectivity index is 1.20. The Labute approximate surface area is 207 Å². The minimum atomic E-state index is -0.372. The van der Waals surface area contributed by atoms with Crippen LogP contribution in [-0.2, 0) is 17.8 Å². The average molecular weight is 490 g/mol. The van der Waals surface area contributed by atoms with Crippen LogP contribution >= 0.6 is 0 Å². The molecular weight excluding hydrogens is 462 g/mol. The Kier molecular flexibility index (Phi) is 6.41. The Morgan fingerprint density at radius 2 is 1.69 bits per heavy atom. The van der Waals surface area contributed by atoms with Gasteiger partial charge in [0.05, 0.1) is 12.8 Å². The molecule has 2 aliphatic rings. The fourth-order valence-corrected chi connectivity index (χ4v) is 4.80. The van der Waals surface area contributed by atoms with Gasteiger partial charge in [0.25, 0.3) is 17.4 Å². The molecule has 0 saturated carbocycles. The topological polar surface area (TPSA) is 109 Å². The van der Waals surface area contributed by atoms with Crippen LogP contribution in [0.5, 0.6) is 0 Å². The molecular formula is C26H27N5O5. The summed E-state index contributed by atoms with van der Waals surface area (Å²) in [5, 5.41) is 4.28. The zero-order valence-electron chi connectivity index (χ0n) is 20.0. The molecule has 0 radical (unpaired) electrons. The zero-order chi connectivity index (χ0) is 25.2. The van der Waals surface area contributed by atoms with Crippen LogP contribution in [0.4, 0.5) is 5.69 Å². The molecule has 2 aliphatic heterocycles. The molecule has 3 amide bonds. The number of para-hydroxylation sites is 1. The van der Waals surface area contributed by atoms with Crippen molar-refractivity contribution in [2.75, 3.05) is 31.1 Å². The number of furan rings is 1. The maximum atomic E-state index is 13.3. The summed E-state index contributed by atoms with van der Waals surface area (Å²) in [6.45, 7) is 3.66. The first-order valence-corrected chi connectivity index (χ1v) is 12.0. The smallest absolute Gasteiger partial charge is 0.289 e. The van der Waals surface area contributed by atoms with Gasteiger partial charge >= 0.3 is 0 Å². The van der Waals surface area contributed by atoms with Crippen LogP contribution in [0.15, 0.2) is 64.0 Å². The zero-order valence-corrected chi connectivity index (χ0v) is 20.0. The summed E-state index contributed by atoms with van der Waals surface area (Å²) in [6, 6.07) is 13.8. The Morgan fingerprint density at radius 1 is 0.944 bits per heavy atom. The summed E-state index contributed by atoms with van der Waals surface area (Å²) in [5.74, 6) is -0.321. The van der Waals surface area contributed by atoms with E-state index in [2.05, 4.69) is 5.10 Å². The van der Waals surface area contributed by atoms with Gasteiger partial charge in [-0.05, 0) is 43.2 Å². The molecule has 1 atom stereocenters. The van der Waals surface area contributed by atoms with Gasteiger partial charge in [-0.3, -0.25) is 19.2 Å². The van der Waals surface area contributed by atoms with Gasteiger partial charge in [-0.15, -0.1) is 0 Å². The molecule has 0 bridgehead atoms. The number of aromatic nitrogens is 2. The number of carbonyl (C=O) groups excluding carboxylic acids is 3. The number of rotatable bonds is 5. The third-order valence-corrected chi connectivity index (χ3v) is 6.70. The van der Waals surface area contributed by atoms with Crippen molar-refractivity contribution in [2.24, 2.45) is 0 Å². The molecule has 0 N–H and O–H groups in total. The number of aryl methyl sites for hydroxylation is 1. The summed E-state index contributed by atoms with van der Waals surface area (Å²) in [7, 11) is 0. The standard InChI is InChI=1S/C26H27N5O5/c1-18-17-19-5-2-3-6-21(19)31(18)25(34)20-8-9-24(33)30(27-20)11-10-23(32)28-12-14-29(15-13-28)26(35)22-7-4-16-36-22/h2-9,16,18H,10-15,17H2,1H3/t18-/m0/s1. The second-order valence-corrected chi connectivity index (χ2v) is 9.04. The quantitative estimate of drug-likeness (QED) is 0.541. The molecule has 186 valence electrons. The average Bonchev–Trinajstić information content (AvgIpc) is 3.55. The number of hydrogen-bond acceptors (Lipinski definition) is 6. The predicted octanol–water partition coefficient (Wildman–Crippen LogP) is 1.80. The number of hydrogen-bond donors (Lipinski definition) is 0. The highest BCUT2D eigenvalue weighted by atomic mass is 16.3. The minimum Gasteiger partial charge on any atom is -0.459 e. The van der Waals surface area contributed by atoms with Gasteiger partial charge in [0.15, 0.2) is 5.76 Å². The molecule has 10 heteroatoms. The van der Waals surface area contributed by atoms with Crippen LogP contribution < -0.4 is 10.5 Å². The van der Waals surface area contributed by atoms with E-state index in [1.54, 1.807) is 26.8 Å². The van der Waals surface area contributed by atoms with Crippen LogP contribution in [0.1, 0.15) is 40.0 Å². The second-order valence-electron chi connectivity index (χ2n) is 9.04. The van der Waals surface area contributed by atoms with Crippen molar-refractivity contribution in [3.8, 4) is 0 Å².